The number of nitrogens with one attached hydrogen (secondary N) is 1. The molecule has 1 aliphatic rings. The molecule has 4 rings (SSSR count). The summed E-state index contributed by atoms with van der Waals surface area (Å²) in [7, 11) is 0. The van der Waals surface area contributed by atoms with Crippen molar-refractivity contribution in [3.8, 4) is 10.6 Å². The molecule has 6 nitrogen and oxygen atoms in total. The van der Waals surface area contributed by atoms with Crippen LogP contribution in [0.1, 0.15) is 16.1 Å². The van der Waals surface area contributed by atoms with Gasteiger partial charge in [0.2, 0.25) is 0 Å². The van der Waals surface area contributed by atoms with Crippen molar-refractivity contribution in [2.75, 3.05) is 37.5 Å². The van der Waals surface area contributed by atoms with E-state index in [4.69, 9.17) is 4.74 Å². The van der Waals surface area contributed by atoms with Crippen molar-refractivity contribution in [3.63, 3.8) is 0 Å². The SMILES string of the molecule is CSc1ccc(CNC(=O)c2csc(-c3ccnc(N4CCOCC4)c3)n2)cc1. The summed E-state index contributed by atoms with van der Waals surface area (Å²) in [6.45, 7) is 3.58. The Balaban J connectivity index is 1.41. The molecule has 0 saturated carbocycles. The summed E-state index contributed by atoms with van der Waals surface area (Å²) in [5.41, 5.74) is 2.48. The Bertz CT molecular complexity index is 969. The normalized spacial score (nSPS) is 14.0. The number of amides is 1. The molecule has 2 aromatic heterocycles. The Hall–Kier alpha value is -2.42. The van der Waals surface area contributed by atoms with Gasteiger partial charge in [-0.3, -0.25) is 4.79 Å². The van der Waals surface area contributed by atoms with Crippen LogP contribution in [0, 0.1) is 0 Å². The van der Waals surface area contributed by atoms with Crippen molar-refractivity contribution < 1.29 is 9.53 Å². The van der Waals surface area contributed by atoms with Gasteiger partial charge < -0.3 is 15.0 Å². The molecular formula is C21H22N4O2S2. The number of aromatic nitrogens is 2. The van der Waals surface area contributed by atoms with Gasteiger partial charge in [0, 0.05) is 41.7 Å². The van der Waals surface area contributed by atoms with Crippen LogP contribution in [-0.2, 0) is 11.3 Å². The van der Waals surface area contributed by atoms with E-state index >= 15 is 0 Å². The number of thiazole rings is 1. The number of morpholine rings is 1. The van der Waals surface area contributed by atoms with E-state index in [1.807, 2.05) is 30.5 Å². The third-order valence-corrected chi connectivity index (χ3v) is 6.31. The van der Waals surface area contributed by atoms with E-state index in [1.165, 1.54) is 16.2 Å². The number of anilines is 1. The summed E-state index contributed by atoms with van der Waals surface area (Å²) in [5.74, 6) is 0.754. The predicted molar refractivity (Wildman–Crippen MR) is 118 cm³/mol. The molecular weight excluding hydrogens is 404 g/mol. The van der Waals surface area contributed by atoms with E-state index in [0.29, 0.717) is 25.5 Å². The van der Waals surface area contributed by atoms with Crippen LogP contribution in [-0.4, -0.2) is 48.4 Å². The number of hydrogen-bond acceptors (Lipinski definition) is 7. The lowest BCUT2D eigenvalue weighted by Gasteiger charge is -2.27. The maximum atomic E-state index is 12.5. The molecule has 0 bridgehead atoms. The molecule has 1 aromatic carbocycles. The molecule has 1 saturated heterocycles. The first-order valence-electron chi connectivity index (χ1n) is 9.39. The maximum Gasteiger partial charge on any atom is 0.271 e. The molecule has 150 valence electrons. The summed E-state index contributed by atoms with van der Waals surface area (Å²) < 4.78 is 5.41. The second-order valence-corrected chi connectivity index (χ2v) is 8.31. The van der Waals surface area contributed by atoms with Gasteiger partial charge >= 0.3 is 0 Å². The smallest absolute Gasteiger partial charge is 0.271 e. The zero-order chi connectivity index (χ0) is 20.1. The summed E-state index contributed by atoms with van der Waals surface area (Å²) in [5, 5.41) is 5.56. The van der Waals surface area contributed by atoms with E-state index in [-0.39, 0.29) is 5.91 Å². The molecule has 29 heavy (non-hydrogen) atoms. The summed E-state index contributed by atoms with van der Waals surface area (Å²) in [6.07, 6.45) is 3.84. The number of benzene rings is 1. The quantitative estimate of drug-likeness (QED) is 0.607. The van der Waals surface area contributed by atoms with Crippen LogP contribution in [0.15, 0.2) is 52.9 Å². The molecule has 1 amide bonds. The molecule has 1 fully saturated rings. The third-order valence-electron chi connectivity index (χ3n) is 4.68. The van der Waals surface area contributed by atoms with Crippen LogP contribution >= 0.6 is 23.1 Å². The third kappa shape index (κ3) is 4.95. The summed E-state index contributed by atoms with van der Waals surface area (Å²) >= 11 is 3.17. The zero-order valence-corrected chi connectivity index (χ0v) is 17.8. The first-order valence-corrected chi connectivity index (χ1v) is 11.5. The van der Waals surface area contributed by atoms with Gasteiger partial charge in [-0.25, -0.2) is 9.97 Å². The van der Waals surface area contributed by atoms with Crippen LogP contribution in [0.2, 0.25) is 0 Å². The average Bonchev–Trinajstić information content (AvgIpc) is 3.29. The van der Waals surface area contributed by atoms with Gasteiger partial charge in [-0.05, 0) is 36.1 Å². The highest BCUT2D eigenvalue weighted by molar-refractivity contribution is 7.98. The number of rotatable bonds is 6. The van der Waals surface area contributed by atoms with Gasteiger partial charge in [0.05, 0.1) is 13.2 Å². The largest absolute Gasteiger partial charge is 0.378 e. The highest BCUT2D eigenvalue weighted by Crippen LogP contribution is 2.26. The van der Waals surface area contributed by atoms with Gasteiger partial charge in [-0.15, -0.1) is 23.1 Å². The van der Waals surface area contributed by atoms with Crippen molar-refractivity contribution in [1.29, 1.82) is 0 Å². The number of nitrogens with zero attached hydrogens (tertiary/aromatic N) is 3. The van der Waals surface area contributed by atoms with Crippen molar-refractivity contribution in [2.24, 2.45) is 0 Å². The second kappa shape index (κ2) is 9.39. The number of carbonyl (C=O) groups is 1. The fourth-order valence-corrected chi connectivity index (χ4v) is 4.25. The Morgan fingerprint density at radius 1 is 1.24 bits per heavy atom. The fourth-order valence-electron chi connectivity index (χ4n) is 3.04. The lowest BCUT2D eigenvalue weighted by Crippen LogP contribution is -2.36. The minimum atomic E-state index is -0.163. The highest BCUT2D eigenvalue weighted by Gasteiger charge is 2.15. The molecule has 8 heteroatoms. The number of carbonyl (C=O) groups excluding carboxylic acids is 1. The minimum Gasteiger partial charge on any atom is -0.378 e. The minimum absolute atomic E-state index is 0.163. The first-order chi connectivity index (χ1) is 14.2. The number of pyridine rings is 1. The number of hydrogen-bond donors (Lipinski definition) is 1. The Morgan fingerprint density at radius 2 is 2.03 bits per heavy atom. The molecule has 3 aromatic rings. The predicted octanol–water partition coefficient (Wildman–Crippen LogP) is 3.69. The van der Waals surface area contributed by atoms with Gasteiger partial charge in [0.25, 0.3) is 5.91 Å². The van der Waals surface area contributed by atoms with Crippen molar-refractivity contribution in [3.05, 3.63) is 59.2 Å². The molecule has 0 aliphatic carbocycles. The van der Waals surface area contributed by atoms with Crippen molar-refractivity contribution in [1.82, 2.24) is 15.3 Å². The Labute approximate surface area is 178 Å². The van der Waals surface area contributed by atoms with Crippen LogP contribution < -0.4 is 10.2 Å². The van der Waals surface area contributed by atoms with Crippen LogP contribution in [0.3, 0.4) is 0 Å². The fraction of sp³-hybridized carbons (Fsp3) is 0.286. The lowest BCUT2D eigenvalue weighted by atomic mass is 10.2. The summed E-state index contributed by atoms with van der Waals surface area (Å²) in [6, 6.07) is 12.1. The Morgan fingerprint density at radius 3 is 2.79 bits per heavy atom. The van der Waals surface area contributed by atoms with Gasteiger partial charge in [0.1, 0.15) is 16.5 Å². The molecule has 0 spiro atoms. The van der Waals surface area contributed by atoms with E-state index in [0.717, 1.165) is 35.0 Å². The second-order valence-electron chi connectivity index (χ2n) is 6.57. The standard InChI is InChI=1S/C21H22N4O2S2/c1-28-17-4-2-15(3-5-17)13-23-20(26)18-14-29-21(24-18)16-6-7-22-19(12-16)25-8-10-27-11-9-25/h2-7,12,14H,8-11,13H2,1H3,(H,23,26). The van der Waals surface area contributed by atoms with Gasteiger partial charge in [-0.1, -0.05) is 12.1 Å². The lowest BCUT2D eigenvalue weighted by molar-refractivity contribution is 0.0946. The highest BCUT2D eigenvalue weighted by atomic mass is 32.2. The molecule has 0 unspecified atom stereocenters. The molecule has 1 N–H and O–H groups in total. The van der Waals surface area contributed by atoms with E-state index in [9.17, 15) is 4.79 Å². The van der Waals surface area contributed by atoms with E-state index < -0.39 is 0 Å². The molecule has 1 aliphatic heterocycles. The Kier molecular flexibility index (Phi) is 6.43. The topological polar surface area (TPSA) is 67.4 Å². The molecule has 0 atom stereocenters. The first kappa shape index (κ1) is 19.9. The van der Waals surface area contributed by atoms with Gasteiger partial charge in [0.15, 0.2) is 0 Å². The van der Waals surface area contributed by atoms with Crippen LogP contribution in [0.25, 0.3) is 10.6 Å². The van der Waals surface area contributed by atoms with Gasteiger partial charge in [-0.2, -0.15) is 0 Å². The molecule has 0 radical (unpaired) electrons. The van der Waals surface area contributed by atoms with Crippen molar-refractivity contribution in [2.45, 2.75) is 11.4 Å². The number of thioether (sulfide) groups is 1. The van der Waals surface area contributed by atoms with Crippen LogP contribution in [0.4, 0.5) is 5.82 Å². The van der Waals surface area contributed by atoms with E-state index in [2.05, 4.69) is 32.3 Å². The van der Waals surface area contributed by atoms with Crippen molar-refractivity contribution >= 4 is 34.8 Å². The van der Waals surface area contributed by atoms with Crippen LogP contribution in [0.5, 0.6) is 0 Å². The van der Waals surface area contributed by atoms with E-state index in [1.54, 1.807) is 23.3 Å². The summed E-state index contributed by atoms with van der Waals surface area (Å²) in [4.78, 5) is 24.9. The maximum absolute atomic E-state index is 12.5. The average molecular weight is 427 g/mol. The number of ether oxygens (including phenoxy) is 1. The molecule has 3 heterocycles. The zero-order valence-electron chi connectivity index (χ0n) is 16.1. The monoisotopic (exact) mass is 426 g/mol.